The standard InChI is InChI=1S/C21H34N2/c1-19-9-6-16(22)11-14(19)5-8-20(2)17(19)7-10-21-13-23-12-15(21)3-4-18(20)21/h5,15-18,23H,3-4,6-13,22H2,1-2H3/t15-,16+,17-,18+,19+,20-,21+/m1/s1. The Morgan fingerprint density at radius 1 is 1.09 bits per heavy atom. The van der Waals surface area contributed by atoms with Gasteiger partial charge in [-0.3, -0.25) is 0 Å². The van der Waals surface area contributed by atoms with Gasteiger partial charge in [-0.15, -0.1) is 0 Å². The second kappa shape index (κ2) is 4.64. The summed E-state index contributed by atoms with van der Waals surface area (Å²) in [6, 6.07) is 0.420. The van der Waals surface area contributed by atoms with Crippen molar-refractivity contribution in [1.82, 2.24) is 5.32 Å². The van der Waals surface area contributed by atoms with Crippen molar-refractivity contribution in [2.45, 2.75) is 71.3 Å². The Morgan fingerprint density at radius 3 is 2.83 bits per heavy atom. The minimum Gasteiger partial charge on any atom is -0.327 e. The topological polar surface area (TPSA) is 38.0 Å². The van der Waals surface area contributed by atoms with E-state index in [0.717, 1.165) is 17.8 Å². The molecule has 1 saturated heterocycles. The zero-order valence-electron chi connectivity index (χ0n) is 15.0. The molecule has 7 atom stereocenters. The summed E-state index contributed by atoms with van der Waals surface area (Å²) in [5, 5.41) is 3.77. The molecule has 0 aromatic rings. The van der Waals surface area contributed by atoms with E-state index in [1.807, 2.05) is 0 Å². The fourth-order valence-corrected chi connectivity index (χ4v) is 8.37. The monoisotopic (exact) mass is 314 g/mol. The first kappa shape index (κ1) is 15.0. The summed E-state index contributed by atoms with van der Waals surface area (Å²) in [5.74, 6) is 2.83. The predicted molar refractivity (Wildman–Crippen MR) is 95.0 cm³/mol. The summed E-state index contributed by atoms with van der Waals surface area (Å²) in [4.78, 5) is 0. The maximum absolute atomic E-state index is 6.31. The molecule has 0 aromatic heterocycles. The normalized spacial score (nSPS) is 58.0. The molecule has 128 valence electrons. The van der Waals surface area contributed by atoms with Crippen LogP contribution in [0.25, 0.3) is 0 Å². The second-order valence-electron chi connectivity index (χ2n) is 10.1. The summed E-state index contributed by atoms with van der Waals surface area (Å²) in [7, 11) is 0. The van der Waals surface area contributed by atoms with Crippen LogP contribution in [0.15, 0.2) is 11.6 Å². The molecule has 23 heavy (non-hydrogen) atoms. The molecular formula is C21H34N2. The van der Waals surface area contributed by atoms with Gasteiger partial charge in [-0.1, -0.05) is 25.5 Å². The molecule has 0 unspecified atom stereocenters. The summed E-state index contributed by atoms with van der Waals surface area (Å²) < 4.78 is 0. The molecular weight excluding hydrogens is 280 g/mol. The molecule has 4 aliphatic carbocycles. The molecule has 5 aliphatic rings. The van der Waals surface area contributed by atoms with Crippen molar-refractivity contribution in [3.63, 3.8) is 0 Å². The van der Waals surface area contributed by atoms with E-state index in [-0.39, 0.29) is 0 Å². The lowest BCUT2D eigenvalue weighted by Gasteiger charge is -2.63. The third kappa shape index (κ3) is 1.73. The van der Waals surface area contributed by atoms with Gasteiger partial charge >= 0.3 is 0 Å². The Bertz CT molecular complexity index is 554. The van der Waals surface area contributed by atoms with Crippen LogP contribution in [0, 0.1) is 34.0 Å². The Kier molecular flexibility index (Phi) is 3.01. The van der Waals surface area contributed by atoms with Gasteiger partial charge in [0, 0.05) is 12.6 Å². The van der Waals surface area contributed by atoms with Crippen molar-refractivity contribution in [2.24, 2.45) is 39.7 Å². The van der Waals surface area contributed by atoms with Crippen molar-refractivity contribution in [3.05, 3.63) is 11.6 Å². The Balaban J connectivity index is 1.56. The molecule has 0 aromatic carbocycles. The van der Waals surface area contributed by atoms with Gasteiger partial charge in [-0.2, -0.15) is 0 Å². The second-order valence-corrected chi connectivity index (χ2v) is 10.1. The fourth-order valence-electron chi connectivity index (χ4n) is 8.37. The van der Waals surface area contributed by atoms with Crippen molar-refractivity contribution in [2.75, 3.05) is 13.1 Å². The highest BCUT2D eigenvalue weighted by Gasteiger charge is 2.65. The number of allylic oxidation sites excluding steroid dienone is 1. The van der Waals surface area contributed by atoms with Gasteiger partial charge in [0.15, 0.2) is 0 Å². The first-order valence-corrected chi connectivity index (χ1v) is 10.1. The Labute approximate surface area is 141 Å². The van der Waals surface area contributed by atoms with Crippen LogP contribution in [0.5, 0.6) is 0 Å². The molecule has 2 nitrogen and oxygen atoms in total. The van der Waals surface area contributed by atoms with Crippen LogP contribution in [-0.2, 0) is 0 Å². The number of hydrogen-bond donors (Lipinski definition) is 2. The average molecular weight is 315 g/mol. The molecule has 4 fully saturated rings. The summed E-state index contributed by atoms with van der Waals surface area (Å²) in [5.41, 5.74) is 9.68. The van der Waals surface area contributed by atoms with Gasteiger partial charge in [-0.25, -0.2) is 0 Å². The minimum absolute atomic E-state index is 0.420. The van der Waals surface area contributed by atoms with Gasteiger partial charge < -0.3 is 11.1 Å². The summed E-state index contributed by atoms with van der Waals surface area (Å²) in [6.45, 7) is 7.88. The molecule has 0 bridgehead atoms. The molecule has 1 heterocycles. The first-order valence-electron chi connectivity index (χ1n) is 10.1. The highest BCUT2D eigenvalue weighted by atomic mass is 15.0. The maximum atomic E-state index is 6.31. The van der Waals surface area contributed by atoms with Crippen molar-refractivity contribution >= 4 is 0 Å². The minimum atomic E-state index is 0.420. The van der Waals surface area contributed by atoms with Gasteiger partial charge in [0.25, 0.3) is 0 Å². The fraction of sp³-hybridized carbons (Fsp3) is 0.905. The van der Waals surface area contributed by atoms with Gasteiger partial charge in [-0.05, 0) is 91.9 Å². The third-order valence-corrected chi connectivity index (χ3v) is 9.45. The van der Waals surface area contributed by atoms with E-state index in [4.69, 9.17) is 5.73 Å². The van der Waals surface area contributed by atoms with Crippen LogP contribution in [0.4, 0.5) is 0 Å². The average Bonchev–Trinajstić information content (AvgIpc) is 3.06. The number of hydrogen-bond acceptors (Lipinski definition) is 2. The van der Waals surface area contributed by atoms with E-state index < -0.39 is 0 Å². The zero-order chi connectivity index (χ0) is 15.9. The van der Waals surface area contributed by atoms with Crippen LogP contribution in [0.3, 0.4) is 0 Å². The molecule has 1 aliphatic heterocycles. The van der Waals surface area contributed by atoms with Gasteiger partial charge in [0.1, 0.15) is 0 Å². The lowest BCUT2D eigenvalue weighted by atomic mass is 9.41. The zero-order valence-corrected chi connectivity index (χ0v) is 15.0. The molecule has 1 spiro atoms. The lowest BCUT2D eigenvalue weighted by molar-refractivity contribution is -0.101. The number of rotatable bonds is 0. The molecule has 2 heteroatoms. The SMILES string of the molecule is C[C@@]12CC=C3C[C@@H](N)CC[C@]3(C)[C@H]1CC[C@]13CNC[C@H]1CC[C@@H]23. The molecule has 3 saturated carbocycles. The number of nitrogens with one attached hydrogen (secondary N) is 1. The van der Waals surface area contributed by atoms with Crippen LogP contribution >= 0.6 is 0 Å². The number of nitrogens with two attached hydrogens (primary N) is 1. The van der Waals surface area contributed by atoms with E-state index in [0.29, 0.717) is 22.3 Å². The highest BCUT2D eigenvalue weighted by Crippen LogP contribution is 2.71. The Hall–Kier alpha value is -0.340. The summed E-state index contributed by atoms with van der Waals surface area (Å²) >= 11 is 0. The van der Waals surface area contributed by atoms with Crippen molar-refractivity contribution < 1.29 is 0 Å². The summed E-state index contributed by atoms with van der Waals surface area (Å²) in [6.07, 6.45) is 13.7. The van der Waals surface area contributed by atoms with Crippen LogP contribution in [0.2, 0.25) is 0 Å². The number of fused-ring (bicyclic) bond motifs is 4. The van der Waals surface area contributed by atoms with E-state index in [9.17, 15) is 0 Å². The van der Waals surface area contributed by atoms with Gasteiger partial charge in [0.2, 0.25) is 0 Å². The molecule has 0 amide bonds. The van der Waals surface area contributed by atoms with E-state index in [1.54, 1.807) is 5.57 Å². The van der Waals surface area contributed by atoms with Crippen molar-refractivity contribution in [3.8, 4) is 0 Å². The van der Waals surface area contributed by atoms with E-state index in [2.05, 4.69) is 25.2 Å². The van der Waals surface area contributed by atoms with Crippen LogP contribution in [-0.4, -0.2) is 19.1 Å². The quantitative estimate of drug-likeness (QED) is 0.666. The van der Waals surface area contributed by atoms with E-state index >= 15 is 0 Å². The molecule has 0 radical (unpaired) electrons. The largest absolute Gasteiger partial charge is 0.327 e. The maximum Gasteiger partial charge on any atom is 0.00766 e. The van der Waals surface area contributed by atoms with E-state index in [1.165, 1.54) is 64.5 Å². The molecule has 5 rings (SSSR count). The van der Waals surface area contributed by atoms with Gasteiger partial charge in [0.05, 0.1) is 0 Å². The van der Waals surface area contributed by atoms with Crippen LogP contribution < -0.4 is 11.1 Å². The highest BCUT2D eigenvalue weighted by molar-refractivity contribution is 5.28. The molecule has 3 N–H and O–H groups in total. The smallest absolute Gasteiger partial charge is 0.00766 e. The Morgan fingerprint density at radius 2 is 1.96 bits per heavy atom. The first-order chi connectivity index (χ1) is 11.0. The predicted octanol–water partition coefficient (Wildman–Crippen LogP) is 3.87. The third-order valence-electron chi connectivity index (χ3n) is 9.45. The van der Waals surface area contributed by atoms with Crippen LogP contribution in [0.1, 0.15) is 65.2 Å². The van der Waals surface area contributed by atoms with Crippen molar-refractivity contribution in [1.29, 1.82) is 0 Å². The lowest BCUT2D eigenvalue weighted by Crippen LogP contribution is -2.57.